The topological polar surface area (TPSA) is 70.4 Å². The van der Waals surface area contributed by atoms with Crippen LogP contribution in [0.1, 0.15) is 30.7 Å². The van der Waals surface area contributed by atoms with Crippen molar-refractivity contribution in [2.45, 2.75) is 44.9 Å². The molecule has 3 rings (SSSR count). The average molecular weight is 342 g/mol. The number of hydrogen-bond donors (Lipinski definition) is 2. The maximum atomic E-state index is 12.2. The molecule has 1 atom stereocenters. The molecule has 2 aromatic rings. The van der Waals surface area contributed by atoms with Gasteiger partial charge in [0, 0.05) is 32.0 Å². The normalized spacial score (nSPS) is 17.5. The van der Waals surface area contributed by atoms with Gasteiger partial charge in [-0.3, -0.25) is 0 Å². The quantitative estimate of drug-likeness (QED) is 0.845. The summed E-state index contributed by atoms with van der Waals surface area (Å²) in [6.45, 7) is 2.40. The van der Waals surface area contributed by atoms with Crippen molar-refractivity contribution < 1.29 is 9.90 Å². The summed E-state index contributed by atoms with van der Waals surface area (Å²) in [4.78, 5) is 18.2. The van der Waals surface area contributed by atoms with Crippen LogP contribution < -0.4 is 5.32 Å². The van der Waals surface area contributed by atoms with Gasteiger partial charge in [-0.2, -0.15) is 0 Å². The second-order valence-electron chi connectivity index (χ2n) is 6.53. The summed E-state index contributed by atoms with van der Waals surface area (Å²) in [5, 5.41) is 12.6. The van der Waals surface area contributed by atoms with Crippen molar-refractivity contribution >= 4 is 6.03 Å². The lowest BCUT2D eigenvalue weighted by Gasteiger charge is -2.30. The lowest BCUT2D eigenvalue weighted by molar-refractivity contribution is 0.0841. The first-order valence-electron chi connectivity index (χ1n) is 8.97. The van der Waals surface area contributed by atoms with E-state index in [1.807, 2.05) is 12.3 Å². The molecule has 0 saturated carbocycles. The van der Waals surface area contributed by atoms with Crippen molar-refractivity contribution in [2.24, 2.45) is 0 Å². The number of urea groups is 1. The van der Waals surface area contributed by atoms with Gasteiger partial charge in [0.2, 0.25) is 0 Å². The van der Waals surface area contributed by atoms with Crippen molar-refractivity contribution in [1.29, 1.82) is 0 Å². The minimum atomic E-state index is -0.403. The number of piperidine rings is 1. The van der Waals surface area contributed by atoms with Gasteiger partial charge in [-0.15, -0.1) is 0 Å². The molecule has 1 saturated heterocycles. The van der Waals surface area contributed by atoms with Crippen LogP contribution in [0.15, 0.2) is 42.7 Å². The Morgan fingerprint density at radius 2 is 2.16 bits per heavy atom. The van der Waals surface area contributed by atoms with E-state index >= 15 is 0 Å². The minimum Gasteiger partial charge on any atom is -0.391 e. The summed E-state index contributed by atoms with van der Waals surface area (Å²) < 4.78 is 2.09. The number of hydrogen-bond acceptors (Lipinski definition) is 3. The standard InChI is InChI=1S/C19H26N4O2/c24-17-9-5-12-23(15-17)19(25)21-14-18-20-10-13-22(18)11-4-8-16-6-2-1-3-7-16/h1-3,6-7,10,13,17,24H,4-5,8-9,11-12,14-15H2,(H,21,25)/t17-/m0/s1. The number of β-amino-alcohol motifs (C(OH)–C–C–N with tert-alkyl or cyclic N) is 1. The molecule has 1 aromatic carbocycles. The highest BCUT2D eigenvalue weighted by molar-refractivity contribution is 5.74. The van der Waals surface area contributed by atoms with Gasteiger partial charge in [-0.1, -0.05) is 30.3 Å². The van der Waals surface area contributed by atoms with Crippen molar-refractivity contribution in [1.82, 2.24) is 19.8 Å². The number of aliphatic hydroxyl groups excluding tert-OH is 1. The molecule has 0 radical (unpaired) electrons. The zero-order chi connectivity index (χ0) is 17.5. The predicted molar refractivity (Wildman–Crippen MR) is 96.0 cm³/mol. The Balaban J connectivity index is 1.45. The molecule has 2 heterocycles. The molecule has 1 aliphatic rings. The Kier molecular flexibility index (Phi) is 6.06. The van der Waals surface area contributed by atoms with Crippen LogP contribution in [0.5, 0.6) is 0 Å². The second-order valence-corrected chi connectivity index (χ2v) is 6.53. The van der Waals surface area contributed by atoms with E-state index in [9.17, 15) is 9.90 Å². The summed E-state index contributed by atoms with van der Waals surface area (Å²) in [5.74, 6) is 0.860. The highest BCUT2D eigenvalue weighted by Crippen LogP contribution is 2.10. The summed E-state index contributed by atoms with van der Waals surface area (Å²) in [6.07, 6.45) is 7.00. The third-order valence-electron chi connectivity index (χ3n) is 4.59. The zero-order valence-electron chi connectivity index (χ0n) is 14.5. The number of aryl methyl sites for hydroxylation is 2. The monoisotopic (exact) mass is 342 g/mol. The van der Waals surface area contributed by atoms with Crippen LogP contribution in [0.2, 0.25) is 0 Å². The second kappa shape index (κ2) is 8.67. The van der Waals surface area contributed by atoms with E-state index in [1.165, 1.54) is 5.56 Å². The fourth-order valence-corrected chi connectivity index (χ4v) is 3.21. The average Bonchev–Trinajstić information content (AvgIpc) is 3.08. The molecule has 25 heavy (non-hydrogen) atoms. The number of nitrogens with one attached hydrogen (secondary N) is 1. The number of likely N-dealkylation sites (tertiary alicyclic amines) is 1. The summed E-state index contributed by atoms with van der Waals surface area (Å²) >= 11 is 0. The number of imidazole rings is 1. The van der Waals surface area contributed by atoms with Crippen LogP contribution in [0.4, 0.5) is 4.79 Å². The third-order valence-corrected chi connectivity index (χ3v) is 4.59. The predicted octanol–water partition coefficient (Wildman–Crippen LogP) is 2.18. The zero-order valence-corrected chi connectivity index (χ0v) is 14.5. The van der Waals surface area contributed by atoms with Gasteiger partial charge in [0.15, 0.2) is 0 Å². The summed E-state index contributed by atoms with van der Waals surface area (Å²) in [5.41, 5.74) is 1.33. The highest BCUT2D eigenvalue weighted by Gasteiger charge is 2.21. The highest BCUT2D eigenvalue weighted by atomic mass is 16.3. The molecule has 0 bridgehead atoms. The molecule has 0 spiro atoms. The van der Waals surface area contributed by atoms with Gasteiger partial charge in [-0.25, -0.2) is 9.78 Å². The third kappa shape index (κ3) is 5.06. The number of carbonyl (C=O) groups is 1. The lowest BCUT2D eigenvalue weighted by Crippen LogP contribution is -2.47. The maximum absolute atomic E-state index is 12.2. The van der Waals surface area contributed by atoms with Crippen LogP contribution in [-0.2, 0) is 19.5 Å². The van der Waals surface area contributed by atoms with Crippen LogP contribution in [-0.4, -0.2) is 44.8 Å². The smallest absolute Gasteiger partial charge is 0.317 e. The molecule has 6 nitrogen and oxygen atoms in total. The van der Waals surface area contributed by atoms with Crippen LogP contribution in [0.3, 0.4) is 0 Å². The van der Waals surface area contributed by atoms with E-state index in [1.54, 1.807) is 11.1 Å². The first kappa shape index (κ1) is 17.5. The van der Waals surface area contributed by atoms with E-state index in [2.05, 4.69) is 39.1 Å². The number of aliphatic hydroxyl groups is 1. The fraction of sp³-hybridized carbons (Fsp3) is 0.474. The molecule has 2 amide bonds. The maximum Gasteiger partial charge on any atom is 0.317 e. The Bertz CT molecular complexity index is 671. The molecule has 1 fully saturated rings. The molecule has 1 aliphatic heterocycles. The van der Waals surface area contributed by atoms with Gasteiger partial charge >= 0.3 is 6.03 Å². The number of aromatic nitrogens is 2. The molecular weight excluding hydrogens is 316 g/mol. The van der Waals surface area contributed by atoms with Crippen LogP contribution in [0, 0.1) is 0 Å². The number of benzene rings is 1. The first-order valence-corrected chi connectivity index (χ1v) is 8.97. The van der Waals surface area contributed by atoms with E-state index in [0.717, 1.165) is 38.1 Å². The van der Waals surface area contributed by atoms with Gasteiger partial charge in [-0.05, 0) is 31.2 Å². The van der Waals surface area contributed by atoms with Gasteiger partial charge in [0.25, 0.3) is 0 Å². The molecular formula is C19H26N4O2. The molecule has 134 valence electrons. The first-order chi connectivity index (χ1) is 12.2. The SMILES string of the molecule is O=C(NCc1nccn1CCCc1ccccc1)N1CCC[C@H](O)C1. The number of amides is 2. The Labute approximate surface area is 148 Å². The molecule has 0 unspecified atom stereocenters. The van der Waals surface area contributed by atoms with Gasteiger partial charge in [0.1, 0.15) is 5.82 Å². The van der Waals surface area contributed by atoms with Crippen molar-refractivity contribution in [3.05, 3.63) is 54.1 Å². The van der Waals surface area contributed by atoms with E-state index < -0.39 is 6.10 Å². The van der Waals surface area contributed by atoms with Crippen molar-refractivity contribution in [2.75, 3.05) is 13.1 Å². The Hall–Kier alpha value is -2.34. The van der Waals surface area contributed by atoms with Crippen molar-refractivity contribution in [3.8, 4) is 0 Å². The summed E-state index contributed by atoms with van der Waals surface area (Å²) in [7, 11) is 0. The van der Waals surface area contributed by atoms with Crippen molar-refractivity contribution in [3.63, 3.8) is 0 Å². The van der Waals surface area contributed by atoms with E-state index in [0.29, 0.717) is 19.6 Å². The number of nitrogens with zero attached hydrogens (tertiary/aromatic N) is 3. The molecule has 6 heteroatoms. The Morgan fingerprint density at radius 3 is 2.96 bits per heavy atom. The van der Waals surface area contributed by atoms with E-state index in [4.69, 9.17) is 0 Å². The van der Waals surface area contributed by atoms with Gasteiger partial charge in [0.05, 0.1) is 12.6 Å². The molecule has 2 N–H and O–H groups in total. The number of rotatable bonds is 6. The van der Waals surface area contributed by atoms with E-state index in [-0.39, 0.29) is 6.03 Å². The van der Waals surface area contributed by atoms with Crippen LogP contribution >= 0.6 is 0 Å². The fourth-order valence-electron chi connectivity index (χ4n) is 3.21. The van der Waals surface area contributed by atoms with Crippen LogP contribution in [0.25, 0.3) is 0 Å². The minimum absolute atomic E-state index is 0.127. The number of carbonyl (C=O) groups excluding carboxylic acids is 1. The lowest BCUT2D eigenvalue weighted by atomic mass is 10.1. The Morgan fingerprint density at radius 1 is 1.32 bits per heavy atom. The molecule has 1 aromatic heterocycles. The molecule has 0 aliphatic carbocycles. The summed E-state index contributed by atoms with van der Waals surface area (Å²) in [6, 6.07) is 10.3. The van der Waals surface area contributed by atoms with Gasteiger partial charge < -0.3 is 19.9 Å². The largest absolute Gasteiger partial charge is 0.391 e.